The van der Waals surface area contributed by atoms with Crippen molar-refractivity contribution in [2.24, 2.45) is 0 Å². The van der Waals surface area contributed by atoms with Crippen LogP contribution >= 0.6 is 0 Å². The van der Waals surface area contributed by atoms with Crippen LogP contribution in [0.3, 0.4) is 0 Å². The van der Waals surface area contributed by atoms with Crippen LogP contribution in [0.1, 0.15) is 0 Å². The fourth-order valence-electron chi connectivity index (χ4n) is 0. The van der Waals surface area contributed by atoms with Crippen LogP contribution in [-0.4, -0.2) is 22.4 Å². The monoisotopic (exact) mass is 249 g/mol. The summed E-state index contributed by atoms with van der Waals surface area (Å²) in [6.07, 6.45) is 0. The Morgan fingerprint density at radius 2 is 1.00 bits per heavy atom. The van der Waals surface area contributed by atoms with E-state index in [1.54, 1.807) is 0 Å². The van der Waals surface area contributed by atoms with Crippen molar-refractivity contribution < 1.29 is 35.5 Å². The molecule has 3 N–H and O–H groups in total. The van der Waals surface area contributed by atoms with E-state index in [0.717, 1.165) is 0 Å². The van der Waals surface area contributed by atoms with Gasteiger partial charge in [-0.3, -0.25) is 0 Å². The maximum Gasteiger partial charge on any atom is 0.631 e. The molecule has 5 heteroatoms. The molecular formula is H3BO3Re. The fraction of sp³-hybridized carbons (Fsp3) is 0. The van der Waals surface area contributed by atoms with Crippen LogP contribution in [0.4, 0.5) is 0 Å². The molecule has 0 aliphatic heterocycles. The minimum absolute atomic E-state index is 0. The zero-order valence-corrected chi connectivity index (χ0v) is 5.01. The quantitative estimate of drug-likeness (QED) is 0.432. The third-order valence-electron chi connectivity index (χ3n) is 0. The fourth-order valence-corrected chi connectivity index (χ4v) is 0. The molecule has 0 aromatic heterocycles. The van der Waals surface area contributed by atoms with Crippen molar-refractivity contribution in [2.75, 3.05) is 0 Å². The number of hydrogen-bond acceptors (Lipinski definition) is 3. The van der Waals surface area contributed by atoms with Gasteiger partial charge < -0.3 is 15.1 Å². The normalized spacial score (nSPS) is 5.40. The van der Waals surface area contributed by atoms with Gasteiger partial charge in [-0.2, -0.15) is 0 Å². The molecule has 1 radical (unpaired) electrons. The molecular weight excluding hydrogens is 245 g/mol. The Morgan fingerprint density at radius 1 is 1.00 bits per heavy atom. The summed E-state index contributed by atoms with van der Waals surface area (Å²) in [6, 6.07) is 0. The second-order valence-corrected chi connectivity index (χ2v) is 0.346. The summed E-state index contributed by atoms with van der Waals surface area (Å²) in [5, 5.41) is 21.5. The topological polar surface area (TPSA) is 60.7 Å². The molecule has 0 saturated heterocycles. The molecule has 0 rings (SSSR count). The summed E-state index contributed by atoms with van der Waals surface area (Å²) < 4.78 is 0. The molecule has 31 valence electrons. The SMILES string of the molecule is OB(O)O.[Re]. The van der Waals surface area contributed by atoms with Crippen LogP contribution in [0.25, 0.3) is 0 Å². The number of hydrogen-bond donors (Lipinski definition) is 3. The molecule has 0 fully saturated rings. The summed E-state index contributed by atoms with van der Waals surface area (Å²) in [6.45, 7) is 0. The van der Waals surface area contributed by atoms with Crippen molar-refractivity contribution in [3.05, 3.63) is 0 Å². The van der Waals surface area contributed by atoms with Crippen molar-refractivity contribution in [3.8, 4) is 0 Å². The molecule has 0 bridgehead atoms. The van der Waals surface area contributed by atoms with Gasteiger partial charge in [0, 0.05) is 20.4 Å². The first-order chi connectivity index (χ1) is 1.73. The molecule has 0 aromatic rings. The van der Waals surface area contributed by atoms with Gasteiger partial charge in [-0.1, -0.05) is 0 Å². The van der Waals surface area contributed by atoms with Crippen molar-refractivity contribution in [1.82, 2.24) is 0 Å². The molecule has 3 nitrogen and oxygen atoms in total. The van der Waals surface area contributed by atoms with Gasteiger partial charge >= 0.3 is 7.32 Å². The summed E-state index contributed by atoms with van der Waals surface area (Å²) >= 11 is 0. The van der Waals surface area contributed by atoms with Crippen molar-refractivity contribution >= 4 is 7.32 Å². The van der Waals surface area contributed by atoms with Gasteiger partial charge in [-0.15, -0.1) is 0 Å². The van der Waals surface area contributed by atoms with Crippen LogP contribution < -0.4 is 0 Å². The predicted molar refractivity (Wildman–Crippen MR) is 12.4 cm³/mol. The first-order valence-corrected chi connectivity index (χ1v) is 0.775. The Labute approximate surface area is 43.5 Å². The van der Waals surface area contributed by atoms with Crippen LogP contribution in [0.5, 0.6) is 0 Å². The van der Waals surface area contributed by atoms with E-state index in [0.29, 0.717) is 0 Å². The van der Waals surface area contributed by atoms with Gasteiger partial charge in [0.1, 0.15) is 0 Å². The zero-order chi connectivity index (χ0) is 3.58. The van der Waals surface area contributed by atoms with Crippen LogP contribution in [-0.2, 0) is 20.4 Å². The van der Waals surface area contributed by atoms with Gasteiger partial charge in [-0.25, -0.2) is 0 Å². The van der Waals surface area contributed by atoms with Gasteiger partial charge in [-0.05, 0) is 0 Å². The second kappa shape index (κ2) is 4.61. The van der Waals surface area contributed by atoms with E-state index in [1.807, 2.05) is 0 Å². The van der Waals surface area contributed by atoms with E-state index in [4.69, 9.17) is 15.1 Å². The van der Waals surface area contributed by atoms with Gasteiger partial charge in [0.25, 0.3) is 0 Å². The Balaban J connectivity index is 0. The molecule has 0 amide bonds. The van der Waals surface area contributed by atoms with Crippen molar-refractivity contribution in [3.63, 3.8) is 0 Å². The van der Waals surface area contributed by atoms with E-state index in [1.165, 1.54) is 0 Å². The minimum Gasteiger partial charge on any atom is -0.402 e. The smallest absolute Gasteiger partial charge is 0.402 e. The van der Waals surface area contributed by atoms with E-state index in [2.05, 4.69) is 0 Å². The minimum atomic E-state index is -2.17. The Kier molecular flexibility index (Phi) is 8.43. The van der Waals surface area contributed by atoms with Crippen molar-refractivity contribution in [2.45, 2.75) is 0 Å². The summed E-state index contributed by atoms with van der Waals surface area (Å²) in [7, 11) is -2.17. The average Bonchev–Trinajstić information content (AvgIpc) is 0.811. The van der Waals surface area contributed by atoms with Crippen LogP contribution in [0.2, 0.25) is 0 Å². The summed E-state index contributed by atoms with van der Waals surface area (Å²) in [4.78, 5) is 0. The molecule has 5 heavy (non-hydrogen) atoms. The molecule has 0 aromatic carbocycles. The van der Waals surface area contributed by atoms with E-state index < -0.39 is 7.32 Å². The van der Waals surface area contributed by atoms with Gasteiger partial charge in [0.05, 0.1) is 0 Å². The molecule has 0 spiro atoms. The standard InChI is InChI=1S/BH3O3.Re/c2-1(3)4;/h2-4H;. The molecule has 0 heterocycles. The first-order valence-electron chi connectivity index (χ1n) is 0.775. The van der Waals surface area contributed by atoms with E-state index >= 15 is 0 Å². The third kappa shape index (κ3) is 84.9. The van der Waals surface area contributed by atoms with E-state index in [-0.39, 0.29) is 20.4 Å². The summed E-state index contributed by atoms with van der Waals surface area (Å²) in [5.41, 5.74) is 0. The maximum atomic E-state index is 7.17. The molecule has 0 unspecified atom stereocenters. The first kappa shape index (κ1) is 9.15. The van der Waals surface area contributed by atoms with Crippen molar-refractivity contribution in [1.29, 1.82) is 0 Å². The molecule has 0 aliphatic rings. The summed E-state index contributed by atoms with van der Waals surface area (Å²) in [5.74, 6) is 0. The molecule has 0 saturated carbocycles. The average molecular weight is 248 g/mol. The Hall–Kier alpha value is 0.607. The largest absolute Gasteiger partial charge is 0.631 e. The predicted octanol–water partition coefficient (Wildman–Crippen LogP) is -2.05. The second-order valence-electron chi connectivity index (χ2n) is 0.346. The van der Waals surface area contributed by atoms with Gasteiger partial charge in [0.15, 0.2) is 0 Å². The van der Waals surface area contributed by atoms with E-state index in [9.17, 15) is 0 Å². The Morgan fingerprint density at radius 3 is 1.00 bits per heavy atom. The van der Waals surface area contributed by atoms with Gasteiger partial charge in [0.2, 0.25) is 0 Å². The third-order valence-corrected chi connectivity index (χ3v) is 0. The number of rotatable bonds is 0. The van der Waals surface area contributed by atoms with Crippen LogP contribution in [0.15, 0.2) is 0 Å². The zero-order valence-electron chi connectivity index (χ0n) is 2.30. The Bertz CT molecular complexity index is 11.6. The van der Waals surface area contributed by atoms with Crippen LogP contribution in [0, 0.1) is 0 Å². The molecule has 0 atom stereocenters. The molecule has 0 aliphatic carbocycles. The maximum absolute atomic E-state index is 7.17.